The predicted molar refractivity (Wildman–Crippen MR) is 82.9 cm³/mol. The van der Waals surface area contributed by atoms with E-state index in [0.29, 0.717) is 24.5 Å². The van der Waals surface area contributed by atoms with E-state index in [9.17, 15) is 4.79 Å². The zero-order chi connectivity index (χ0) is 15.4. The number of carbonyl (C=O) groups excluding carboxylic acids is 1. The Morgan fingerprint density at radius 3 is 2.86 bits per heavy atom. The Morgan fingerprint density at radius 1 is 1.48 bits per heavy atom. The van der Waals surface area contributed by atoms with Crippen molar-refractivity contribution in [3.63, 3.8) is 0 Å². The van der Waals surface area contributed by atoms with Crippen molar-refractivity contribution >= 4 is 21.9 Å². The molecule has 0 aliphatic rings. The number of hydrogen-bond donors (Lipinski definition) is 0. The maximum atomic E-state index is 11.8. The quantitative estimate of drug-likeness (QED) is 0.747. The van der Waals surface area contributed by atoms with Crippen LogP contribution in [0.2, 0.25) is 0 Å². The van der Waals surface area contributed by atoms with Gasteiger partial charge < -0.3 is 13.7 Å². The molecule has 2 aromatic rings. The molecule has 0 fully saturated rings. The van der Waals surface area contributed by atoms with Crippen LogP contribution in [0.5, 0.6) is 0 Å². The van der Waals surface area contributed by atoms with Gasteiger partial charge in [0.2, 0.25) is 0 Å². The molecule has 0 bridgehead atoms. The number of ether oxygens (including phenoxy) is 1. The second-order valence-electron chi connectivity index (χ2n) is 4.91. The highest BCUT2D eigenvalue weighted by Gasteiger charge is 2.17. The van der Waals surface area contributed by atoms with Gasteiger partial charge in [-0.3, -0.25) is 4.90 Å². The molecular formula is C15H19BrN2O3. The number of halogens is 1. The van der Waals surface area contributed by atoms with Crippen LogP contribution in [0.15, 0.2) is 33.5 Å². The van der Waals surface area contributed by atoms with Crippen molar-refractivity contribution in [2.75, 3.05) is 13.7 Å². The maximum Gasteiger partial charge on any atom is 0.341 e. The molecule has 6 heteroatoms. The molecular weight excluding hydrogens is 336 g/mol. The van der Waals surface area contributed by atoms with Gasteiger partial charge >= 0.3 is 5.97 Å². The van der Waals surface area contributed by atoms with Crippen molar-refractivity contribution in [2.24, 2.45) is 7.05 Å². The molecule has 0 atom stereocenters. The topological polar surface area (TPSA) is 47.6 Å². The van der Waals surface area contributed by atoms with Crippen LogP contribution in [0.25, 0.3) is 0 Å². The minimum atomic E-state index is -0.337. The minimum Gasteiger partial charge on any atom is -0.467 e. The van der Waals surface area contributed by atoms with E-state index in [0.717, 1.165) is 11.0 Å². The summed E-state index contributed by atoms with van der Waals surface area (Å²) in [6.45, 7) is 3.45. The zero-order valence-corrected chi connectivity index (χ0v) is 14.0. The third-order valence-corrected chi connectivity index (χ3v) is 3.59. The monoisotopic (exact) mass is 354 g/mol. The van der Waals surface area contributed by atoms with Crippen LogP contribution in [0.1, 0.15) is 28.7 Å². The number of nitrogens with zero attached hydrogens (tertiary/aromatic N) is 2. The fraction of sp³-hybridized carbons (Fsp3) is 0.400. The normalized spacial score (nSPS) is 11.1. The highest BCUT2D eigenvalue weighted by molar-refractivity contribution is 9.10. The number of furan rings is 1. The first-order valence-corrected chi connectivity index (χ1v) is 7.53. The van der Waals surface area contributed by atoms with E-state index < -0.39 is 0 Å². The Balaban J connectivity index is 2.03. The van der Waals surface area contributed by atoms with Crippen LogP contribution < -0.4 is 0 Å². The van der Waals surface area contributed by atoms with Crippen LogP contribution >= 0.6 is 15.9 Å². The minimum absolute atomic E-state index is 0.337. The van der Waals surface area contributed by atoms with Gasteiger partial charge in [-0.15, -0.1) is 0 Å². The Bertz CT molecular complexity index is 618. The third-order valence-electron chi connectivity index (χ3n) is 3.16. The average molecular weight is 355 g/mol. The van der Waals surface area contributed by atoms with Crippen LogP contribution in [-0.2, 0) is 24.9 Å². The Hall–Kier alpha value is -1.53. The van der Waals surface area contributed by atoms with Gasteiger partial charge in [0.15, 0.2) is 0 Å². The summed E-state index contributed by atoms with van der Waals surface area (Å²) in [5.74, 6) is 0.292. The summed E-state index contributed by atoms with van der Waals surface area (Å²) in [5, 5.41) is 0. The van der Waals surface area contributed by atoms with E-state index in [4.69, 9.17) is 9.15 Å². The van der Waals surface area contributed by atoms with Crippen LogP contribution in [0.4, 0.5) is 0 Å². The molecule has 0 saturated carbocycles. The van der Waals surface area contributed by atoms with E-state index >= 15 is 0 Å². The van der Waals surface area contributed by atoms with E-state index in [2.05, 4.69) is 31.5 Å². The van der Waals surface area contributed by atoms with Crippen molar-refractivity contribution in [1.29, 1.82) is 0 Å². The summed E-state index contributed by atoms with van der Waals surface area (Å²) in [6.07, 6.45) is 3.54. The number of esters is 1. The van der Waals surface area contributed by atoms with Crippen molar-refractivity contribution in [3.8, 4) is 0 Å². The zero-order valence-electron chi connectivity index (χ0n) is 12.4. The smallest absolute Gasteiger partial charge is 0.341 e. The fourth-order valence-corrected chi connectivity index (χ4v) is 2.73. The lowest BCUT2D eigenvalue weighted by Crippen LogP contribution is -2.20. The SMILES string of the molecule is CCOC(=O)c1ccoc1CN(C)Cc1cc(Br)cn1C. The number of carbonyl (C=O) groups is 1. The number of hydrogen-bond acceptors (Lipinski definition) is 4. The summed E-state index contributed by atoms with van der Waals surface area (Å²) in [4.78, 5) is 13.9. The van der Waals surface area contributed by atoms with Gasteiger partial charge in [-0.05, 0) is 42.0 Å². The fourth-order valence-electron chi connectivity index (χ4n) is 2.15. The average Bonchev–Trinajstić information content (AvgIpc) is 2.97. The molecule has 0 amide bonds. The molecule has 2 rings (SSSR count). The van der Waals surface area contributed by atoms with Gasteiger partial charge in [0.05, 0.1) is 19.4 Å². The molecule has 0 unspecified atom stereocenters. The third kappa shape index (κ3) is 3.98. The van der Waals surface area contributed by atoms with Crippen molar-refractivity contribution < 1.29 is 13.9 Å². The molecule has 2 heterocycles. The number of aryl methyl sites for hydroxylation is 1. The van der Waals surface area contributed by atoms with Gasteiger partial charge in [0, 0.05) is 30.0 Å². The van der Waals surface area contributed by atoms with Gasteiger partial charge in [-0.25, -0.2) is 4.79 Å². The van der Waals surface area contributed by atoms with E-state index in [-0.39, 0.29) is 5.97 Å². The van der Waals surface area contributed by atoms with Gasteiger partial charge in [0.25, 0.3) is 0 Å². The van der Waals surface area contributed by atoms with E-state index in [1.54, 1.807) is 13.0 Å². The van der Waals surface area contributed by atoms with Crippen LogP contribution in [0, 0.1) is 0 Å². The standard InChI is InChI=1S/C15H19BrN2O3/c1-4-20-15(19)13-5-6-21-14(13)10-17(2)9-12-7-11(16)8-18(12)3/h5-8H,4,9-10H2,1-3H3. The molecule has 0 saturated heterocycles. The Labute approximate surface area is 132 Å². The van der Waals surface area contributed by atoms with Crippen molar-refractivity contribution in [1.82, 2.24) is 9.47 Å². The summed E-state index contributed by atoms with van der Waals surface area (Å²) >= 11 is 3.46. The molecule has 5 nitrogen and oxygen atoms in total. The highest BCUT2D eigenvalue weighted by Crippen LogP contribution is 2.18. The van der Waals surface area contributed by atoms with Gasteiger partial charge in [-0.1, -0.05) is 0 Å². The first-order valence-electron chi connectivity index (χ1n) is 6.74. The van der Waals surface area contributed by atoms with Crippen molar-refractivity contribution in [3.05, 3.63) is 46.1 Å². The van der Waals surface area contributed by atoms with Crippen LogP contribution in [0.3, 0.4) is 0 Å². The molecule has 0 aliphatic carbocycles. The van der Waals surface area contributed by atoms with E-state index in [1.807, 2.05) is 20.3 Å². The lowest BCUT2D eigenvalue weighted by atomic mass is 10.2. The van der Waals surface area contributed by atoms with Crippen LogP contribution in [-0.4, -0.2) is 29.1 Å². The molecule has 114 valence electrons. The number of rotatable bonds is 6. The molecule has 0 aliphatic heterocycles. The molecule has 21 heavy (non-hydrogen) atoms. The first-order chi connectivity index (χ1) is 10.0. The summed E-state index contributed by atoms with van der Waals surface area (Å²) < 4.78 is 13.6. The summed E-state index contributed by atoms with van der Waals surface area (Å²) in [7, 11) is 3.99. The van der Waals surface area contributed by atoms with Gasteiger partial charge in [0.1, 0.15) is 11.3 Å². The Kier molecular flexibility index (Phi) is 5.25. The molecule has 0 aromatic carbocycles. The van der Waals surface area contributed by atoms with Crippen molar-refractivity contribution in [2.45, 2.75) is 20.0 Å². The first kappa shape index (κ1) is 15.9. The second-order valence-corrected chi connectivity index (χ2v) is 5.83. The highest BCUT2D eigenvalue weighted by atomic mass is 79.9. The molecule has 0 N–H and O–H groups in total. The lowest BCUT2D eigenvalue weighted by molar-refractivity contribution is 0.0522. The molecule has 2 aromatic heterocycles. The lowest BCUT2D eigenvalue weighted by Gasteiger charge is -2.16. The summed E-state index contributed by atoms with van der Waals surface area (Å²) in [6, 6.07) is 3.73. The van der Waals surface area contributed by atoms with Gasteiger partial charge in [-0.2, -0.15) is 0 Å². The van der Waals surface area contributed by atoms with E-state index in [1.165, 1.54) is 12.0 Å². The summed E-state index contributed by atoms with van der Waals surface area (Å²) in [5.41, 5.74) is 1.67. The maximum absolute atomic E-state index is 11.8. The second kappa shape index (κ2) is 6.95. The molecule has 0 radical (unpaired) electrons. The predicted octanol–water partition coefficient (Wildman–Crippen LogP) is 3.19. The largest absolute Gasteiger partial charge is 0.467 e. The number of aromatic nitrogens is 1. The molecule has 0 spiro atoms. The Morgan fingerprint density at radius 2 is 2.24 bits per heavy atom.